The Morgan fingerprint density at radius 2 is 1.84 bits per heavy atom. The number of aromatic nitrogens is 2. The van der Waals surface area contributed by atoms with Crippen molar-refractivity contribution < 1.29 is 9.53 Å². The number of hydrogen-bond donors (Lipinski definition) is 1. The number of aryl methyl sites for hydroxylation is 1. The molecule has 4 aromatic rings. The van der Waals surface area contributed by atoms with Crippen LogP contribution in [0.25, 0.3) is 10.9 Å². The Hall–Kier alpha value is -3.93. The number of nitrogens with zero attached hydrogens (tertiary/aromatic N) is 2. The van der Waals surface area contributed by atoms with Gasteiger partial charge in [-0.1, -0.05) is 18.2 Å². The highest BCUT2D eigenvalue weighted by Gasteiger charge is 2.21. The third kappa shape index (κ3) is 4.33. The fourth-order valence-corrected chi connectivity index (χ4v) is 3.56. The molecule has 0 saturated carbocycles. The van der Waals surface area contributed by atoms with Gasteiger partial charge in [0.25, 0.3) is 11.5 Å². The molecule has 6 nitrogen and oxygen atoms in total. The predicted molar refractivity (Wildman–Crippen MR) is 122 cm³/mol. The van der Waals surface area contributed by atoms with Gasteiger partial charge in [-0.3, -0.25) is 14.6 Å². The van der Waals surface area contributed by atoms with E-state index in [0.717, 1.165) is 27.9 Å². The Morgan fingerprint density at radius 3 is 2.58 bits per heavy atom. The molecule has 2 aromatic carbocycles. The minimum atomic E-state index is -0.224. The normalized spacial score (nSPS) is 10.8. The molecule has 0 saturated heterocycles. The van der Waals surface area contributed by atoms with E-state index in [1.807, 2.05) is 62.4 Å². The molecule has 31 heavy (non-hydrogen) atoms. The van der Waals surface area contributed by atoms with Crippen molar-refractivity contribution in [2.45, 2.75) is 20.4 Å². The number of aromatic amines is 1. The van der Waals surface area contributed by atoms with E-state index < -0.39 is 0 Å². The third-order valence-corrected chi connectivity index (χ3v) is 5.11. The van der Waals surface area contributed by atoms with Crippen molar-refractivity contribution in [2.75, 3.05) is 11.5 Å². The topological polar surface area (TPSA) is 75.3 Å². The zero-order valence-electron chi connectivity index (χ0n) is 17.5. The first-order chi connectivity index (χ1) is 15.1. The fourth-order valence-electron chi connectivity index (χ4n) is 3.56. The van der Waals surface area contributed by atoms with Crippen LogP contribution < -0.4 is 15.2 Å². The van der Waals surface area contributed by atoms with Crippen molar-refractivity contribution in [3.05, 3.63) is 100 Å². The molecule has 0 spiro atoms. The Morgan fingerprint density at radius 1 is 1.06 bits per heavy atom. The van der Waals surface area contributed by atoms with Gasteiger partial charge in [-0.25, -0.2) is 0 Å². The predicted octanol–water partition coefficient (Wildman–Crippen LogP) is 4.48. The van der Waals surface area contributed by atoms with Crippen molar-refractivity contribution >= 4 is 22.5 Å². The van der Waals surface area contributed by atoms with E-state index in [-0.39, 0.29) is 18.0 Å². The summed E-state index contributed by atoms with van der Waals surface area (Å²) in [7, 11) is 0. The van der Waals surface area contributed by atoms with E-state index in [1.165, 1.54) is 0 Å². The van der Waals surface area contributed by atoms with Crippen LogP contribution in [0.2, 0.25) is 0 Å². The molecular formula is C25H23N3O3. The van der Waals surface area contributed by atoms with E-state index in [0.29, 0.717) is 17.7 Å². The number of carbonyl (C=O) groups is 1. The van der Waals surface area contributed by atoms with Crippen molar-refractivity contribution in [2.24, 2.45) is 0 Å². The highest BCUT2D eigenvalue weighted by Crippen LogP contribution is 2.25. The van der Waals surface area contributed by atoms with Gasteiger partial charge in [-0.15, -0.1) is 0 Å². The number of carbonyl (C=O) groups excluding carboxylic acids is 1. The first kappa shape index (κ1) is 20.3. The maximum absolute atomic E-state index is 13.4. The van der Waals surface area contributed by atoms with Gasteiger partial charge in [0, 0.05) is 40.1 Å². The van der Waals surface area contributed by atoms with Crippen LogP contribution in [0.1, 0.15) is 28.4 Å². The summed E-state index contributed by atoms with van der Waals surface area (Å²) in [4.78, 5) is 34.7. The molecule has 1 amide bonds. The molecule has 0 unspecified atom stereocenters. The van der Waals surface area contributed by atoms with Crippen LogP contribution in [0.4, 0.5) is 5.69 Å². The SMILES string of the molecule is CCOc1ccc2[nH]c(=O)c(CN(C(=O)c3ccncc3)c3ccccc3C)cc2c1. The molecule has 0 aliphatic heterocycles. The van der Waals surface area contributed by atoms with Crippen LogP contribution >= 0.6 is 0 Å². The van der Waals surface area contributed by atoms with E-state index in [2.05, 4.69) is 9.97 Å². The van der Waals surface area contributed by atoms with Gasteiger partial charge in [0.1, 0.15) is 5.75 Å². The number of hydrogen-bond acceptors (Lipinski definition) is 4. The van der Waals surface area contributed by atoms with Crippen LogP contribution in [-0.4, -0.2) is 22.5 Å². The molecule has 1 N–H and O–H groups in total. The molecule has 0 aliphatic rings. The second kappa shape index (κ2) is 8.83. The standard InChI is InChI=1S/C25H23N3O3/c1-3-31-21-8-9-22-19(15-21)14-20(24(29)27-22)16-28(23-7-5-4-6-17(23)2)25(30)18-10-12-26-13-11-18/h4-15H,3,16H2,1-2H3,(H,27,29). The molecule has 0 atom stereocenters. The van der Waals surface area contributed by atoms with Gasteiger partial charge in [-0.2, -0.15) is 0 Å². The Balaban J connectivity index is 1.78. The highest BCUT2D eigenvalue weighted by atomic mass is 16.5. The lowest BCUT2D eigenvalue weighted by molar-refractivity contribution is 0.0985. The minimum Gasteiger partial charge on any atom is -0.494 e. The molecule has 156 valence electrons. The second-order valence-corrected chi connectivity index (χ2v) is 7.22. The average molecular weight is 413 g/mol. The third-order valence-electron chi connectivity index (χ3n) is 5.11. The number of benzene rings is 2. The summed E-state index contributed by atoms with van der Waals surface area (Å²) in [6.45, 7) is 4.56. The van der Waals surface area contributed by atoms with Gasteiger partial charge in [0.15, 0.2) is 0 Å². The maximum atomic E-state index is 13.4. The molecule has 2 aromatic heterocycles. The highest BCUT2D eigenvalue weighted by molar-refractivity contribution is 6.06. The first-order valence-electron chi connectivity index (χ1n) is 10.1. The monoisotopic (exact) mass is 413 g/mol. The van der Waals surface area contributed by atoms with Gasteiger partial charge in [0.05, 0.1) is 13.2 Å². The van der Waals surface area contributed by atoms with Crippen molar-refractivity contribution in [3.63, 3.8) is 0 Å². The minimum absolute atomic E-state index is 0.135. The van der Waals surface area contributed by atoms with Gasteiger partial charge in [-0.05, 0) is 61.9 Å². The van der Waals surface area contributed by atoms with Crippen molar-refractivity contribution in [3.8, 4) is 5.75 Å². The molecule has 0 aliphatic carbocycles. The molecule has 6 heteroatoms. The summed E-state index contributed by atoms with van der Waals surface area (Å²) in [6.07, 6.45) is 3.17. The number of anilines is 1. The quantitative estimate of drug-likeness (QED) is 0.506. The summed E-state index contributed by atoms with van der Waals surface area (Å²) in [5, 5.41) is 0.849. The van der Waals surface area contributed by atoms with Crippen LogP contribution in [0.3, 0.4) is 0 Å². The van der Waals surface area contributed by atoms with Gasteiger partial charge >= 0.3 is 0 Å². The number of amides is 1. The molecule has 0 bridgehead atoms. The summed E-state index contributed by atoms with van der Waals surface area (Å²) < 4.78 is 5.58. The number of para-hydroxylation sites is 1. The number of H-pyrrole nitrogens is 1. The number of nitrogens with one attached hydrogen (secondary N) is 1. The first-order valence-corrected chi connectivity index (χ1v) is 10.1. The smallest absolute Gasteiger partial charge is 0.258 e. The van der Waals surface area contributed by atoms with Crippen LogP contribution in [0.15, 0.2) is 77.9 Å². The molecule has 2 heterocycles. The summed E-state index contributed by atoms with van der Waals surface area (Å²) in [5.74, 6) is 0.538. The molecular weight excluding hydrogens is 390 g/mol. The van der Waals surface area contributed by atoms with E-state index in [4.69, 9.17) is 4.74 Å². The summed E-state index contributed by atoms with van der Waals surface area (Å²) in [5.41, 5.74) is 3.20. The van der Waals surface area contributed by atoms with Crippen LogP contribution in [0.5, 0.6) is 5.75 Å². The Kier molecular flexibility index (Phi) is 5.80. The number of pyridine rings is 2. The molecule has 4 rings (SSSR count). The van der Waals surface area contributed by atoms with E-state index in [1.54, 1.807) is 29.4 Å². The van der Waals surface area contributed by atoms with Gasteiger partial charge in [0.2, 0.25) is 0 Å². The molecule has 0 fully saturated rings. The lowest BCUT2D eigenvalue weighted by atomic mass is 10.1. The fraction of sp³-hybridized carbons (Fsp3) is 0.160. The Bertz CT molecular complexity index is 1280. The molecule has 0 radical (unpaired) electrons. The average Bonchev–Trinajstić information content (AvgIpc) is 2.79. The van der Waals surface area contributed by atoms with Crippen LogP contribution in [-0.2, 0) is 6.54 Å². The number of ether oxygens (including phenoxy) is 1. The lowest BCUT2D eigenvalue weighted by Gasteiger charge is -2.24. The van der Waals surface area contributed by atoms with Crippen molar-refractivity contribution in [1.29, 1.82) is 0 Å². The largest absolute Gasteiger partial charge is 0.494 e. The number of rotatable bonds is 6. The summed E-state index contributed by atoms with van der Waals surface area (Å²) >= 11 is 0. The van der Waals surface area contributed by atoms with E-state index >= 15 is 0 Å². The second-order valence-electron chi connectivity index (χ2n) is 7.22. The zero-order valence-corrected chi connectivity index (χ0v) is 17.5. The Labute approximate surface area is 180 Å². The zero-order chi connectivity index (χ0) is 21.8. The summed E-state index contributed by atoms with van der Waals surface area (Å²) in [6, 6.07) is 18.3. The van der Waals surface area contributed by atoms with E-state index in [9.17, 15) is 9.59 Å². The lowest BCUT2D eigenvalue weighted by Crippen LogP contribution is -2.33. The maximum Gasteiger partial charge on any atom is 0.258 e. The van der Waals surface area contributed by atoms with Crippen molar-refractivity contribution in [1.82, 2.24) is 9.97 Å². The number of fused-ring (bicyclic) bond motifs is 1. The van der Waals surface area contributed by atoms with Gasteiger partial charge < -0.3 is 14.6 Å². The van der Waals surface area contributed by atoms with Crippen LogP contribution in [0, 0.1) is 6.92 Å².